The molecule has 3 heterocycles. The molecule has 1 aromatic carbocycles. The van der Waals surface area contributed by atoms with Crippen molar-refractivity contribution < 1.29 is 9.53 Å². The average molecular weight is 355 g/mol. The van der Waals surface area contributed by atoms with Crippen LogP contribution in [0, 0.1) is 0 Å². The number of nitrogens with one attached hydrogen (secondary N) is 1. The Hall–Kier alpha value is -1.23. The predicted molar refractivity (Wildman–Crippen MR) is 93.3 cm³/mol. The molecule has 0 saturated carbocycles. The average Bonchev–Trinajstić information content (AvgIpc) is 2.85. The highest BCUT2D eigenvalue weighted by Gasteiger charge is 2.32. The zero-order chi connectivity index (χ0) is 15.1. The molecule has 1 aromatic rings. The Balaban J connectivity index is 0.00000156. The van der Waals surface area contributed by atoms with Gasteiger partial charge in [0.2, 0.25) is 0 Å². The van der Waals surface area contributed by atoms with E-state index in [9.17, 15) is 4.79 Å². The van der Waals surface area contributed by atoms with Gasteiger partial charge >= 0.3 is 0 Å². The Labute approximate surface area is 147 Å². The fourth-order valence-corrected chi connectivity index (χ4v) is 3.78. The van der Waals surface area contributed by atoms with Gasteiger partial charge in [-0.2, -0.15) is 0 Å². The van der Waals surface area contributed by atoms with Crippen LogP contribution in [0.1, 0.15) is 24.8 Å². The first kappa shape index (κ1) is 16.6. The van der Waals surface area contributed by atoms with Gasteiger partial charge in [0.05, 0.1) is 5.57 Å². The van der Waals surface area contributed by atoms with Gasteiger partial charge in [-0.05, 0) is 43.5 Å². The highest BCUT2D eigenvalue weighted by atomic mass is 35.5. The smallest absolute Gasteiger partial charge is 0.253 e. The first-order valence-corrected chi connectivity index (χ1v) is 8.25. The molecule has 3 aliphatic rings. The minimum absolute atomic E-state index is 0. The van der Waals surface area contributed by atoms with Crippen molar-refractivity contribution in [2.75, 3.05) is 19.7 Å². The van der Waals surface area contributed by atoms with Crippen LogP contribution in [-0.4, -0.2) is 42.6 Å². The summed E-state index contributed by atoms with van der Waals surface area (Å²) >= 11 is 6.03. The largest absolute Gasteiger partial charge is 0.488 e. The van der Waals surface area contributed by atoms with Gasteiger partial charge in [-0.25, -0.2) is 0 Å². The molecule has 0 aromatic heterocycles. The molecule has 23 heavy (non-hydrogen) atoms. The van der Waals surface area contributed by atoms with E-state index in [0.29, 0.717) is 29.3 Å². The molecule has 4 rings (SSSR count). The second-order valence-corrected chi connectivity index (χ2v) is 6.75. The Bertz CT molecular complexity index is 647. The number of likely N-dealkylation sites (tertiary alicyclic amines) is 1. The normalized spacial score (nSPS) is 25.6. The van der Waals surface area contributed by atoms with Crippen molar-refractivity contribution in [2.24, 2.45) is 0 Å². The van der Waals surface area contributed by atoms with Crippen molar-refractivity contribution in [2.45, 2.75) is 31.3 Å². The van der Waals surface area contributed by atoms with Crippen molar-refractivity contribution >= 4 is 36.0 Å². The monoisotopic (exact) mass is 354 g/mol. The quantitative estimate of drug-likeness (QED) is 0.842. The number of nitrogens with zero attached hydrogens (tertiary/aromatic N) is 1. The first-order chi connectivity index (χ1) is 10.7. The molecular formula is C17H20Cl2N2O2. The number of hydrogen-bond acceptors (Lipinski definition) is 3. The van der Waals surface area contributed by atoms with E-state index in [-0.39, 0.29) is 18.3 Å². The van der Waals surface area contributed by atoms with Crippen LogP contribution in [0.15, 0.2) is 23.8 Å². The van der Waals surface area contributed by atoms with E-state index in [1.807, 2.05) is 23.1 Å². The summed E-state index contributed by atoms with van der Waals surface area (Å²) < 4.78 is 5.71. The summed E-state index contributed by atoms with van der Waals surface area (Å²) in [4.78, 5) is 14.8. The molecule has 0 spiro atoms. The molecular weight excluding hydrogens is 335 g/mol. The van der Waals surface area contributed by atoms with E-state index in [0.717, 1.165) is 30.8 Å². The van der Waals surface area contributed by atoms with Crippen LogP contribution in [0.5, 0.6) is 5.75 Å². The molecule has 1 amide bonds. The number of hydrogen-bond donors (Lipinski definition) is 1. The van der Waals surface area contributed by atoms with Crippen LogP contribution in [-0.2, 0) is 4.79 Å². The number of carbonyl (C=O) groups excluding carboxylic acids is 1. The summed E-state index contributed by atoms with van der Waals surface area (Å²) in [5.41, 5.74) is 1.60. The number of benzene rings is 1. The van der Waals surface area contributed by atoms with Crippen molar-refractivity contribution in [1.29, 1.82) is 0 Å². The fourth-order valence-electron chi connectivity index (χ4n) is 3.60. The van der Waals surface area contributed by atoms with Crippen molar-refractivity contribution in [3.05, 3.63) is 34.4 Å². The molecule has 0 aliphatic carbocycles. The zero-order valence-electron chi connectivity index (χ0n) is 12.8. The maximum absolute atomic E-state index is 12.8. The Morgan fingerprint density at radius 3 is 2.96 bits per heavy atom. The maximum Gasteiger partial charge on any atom is 0.253 e. The molecule has 2 atom stereocenters. The van der Waals surface area contributed by atoms with Crippen LogP contribution in [0.2, 0.25) is 5.02 Å². The molecule has 2 bridgehead atoms. The summed E-state index contributed by atoms with van der Waals surface area (Å²) in [5, 5.41) is 4.26. The number of halogens is 2. The van der Waals surface area contributed by atoms with Crippen molar-refractivity contribution in [3.8, 4) is 5.75 Å². The lowest BCUT2D eigenvalue weighted by Crippen LogP contribution is -2.40. The number of carbonyl (C=O) groups is 1. The molecule has 6 heteroatoms. The maximum atomic E-state index is 12.8. The van der Waals surface area contributed by atoms with Gasteiger partial charge in [0.1, 0.15) is 12.4 Å². The van der Waals surface area contributed by atoms with E-state index < -0.39 is 0 Å². The summed E-state index contributed by atoms with van der Waals surface area (Å²) in [6, 6.07) is 6.53. The highest BCUT2D eigenvalue weighted by Crippen LogP contribution is 2.30. The van der Waals surface area contributed by atoms with Crippen LogP contribution in [0.25, 0.3) is 6.08 Å². The van der Waals surface area contributed by atoms with Gasteiger partial charge in [-0.1, -0.05) is 11.6 Å². The molecule has 0 radical (unpaired) electrons. The Kier molecular flexibility index (Phi) is 4.85. The second kappa shape index (κ2) is 6.71. The third-order valence-electron chi connectivity index (χ3n) is 4.77. The third-order valence-corrected chi connectivity index (χ3v) is 5.00. The lowest BCUT2D eigenvalue weighted by molar-refractivity contribution is -0.127. The topological polar surface area (TPSA) is 41.6 Å². The van der Waals surface area contributed by atoms with E-state index in [1.165, 1.54) is 12.8 Å². The van der Waals surface area contributed by atoms with Gasteiger partial charge in [0.15, 0.2) is 0 Å². The van der Waals surface area contributed by atoms with Gasteiger partial charge in [-0.15, -0.1) is 12.4 Å². The SMILES string of the molecule is Cl.O=C(C1=Cc2cc(Cl)ccc2OC1)N1CCC2CCC(C1)N2. The lowest BCUT2D eigenvalue weighted by atomic mass is 10.0. The summed E-state index contributed by atoms with van der Waals surface area (Å²) in [7, 11) is 0. The summed E-state index contributed by atoms with van der Waals surface area (Å²) in [5.74, 6) is 0.887. The van der Waals surface area contributed by atoms with Crippen LogP contribution in [0.4, 0.5) is 0 Å². The van der Waals surface area contributed by atoms with Crippen LogP contribution in [0.3, 0.4) is 0 Å². The van der Waals surface area contributed by atoms with Gasteiger partial charge in [0.25, 0.3) is 5.91 Å². The summed E-state index contributed by atoms with van der Waals surface area (Å²) in [6.45, 7) is 1.97. The van der Waals surface area contributed by atoms with Crippen LogP contribution >= 0.6 is 24.0 Å². The number of fused-ring (bicyclic) bond motifs is 3. The predicted octanol–water partition coefficient (Wildman–Crippen LogP) is 2.89. The molecule has 2 fully saturated rings. The van der Waals surface area contributed by atoms with Gasteiger partial charge < -0.3 is 15.0 Å². The van der Waals surface area contributed by atoms with Gasteiger partial charge in [-0.3, -0.25) is 4.79 Å². The molecule has 124 valence electrons. The molecule has 2 saturated heterocycles. The number of ether oxygens (including phenoxy) is 1. The minimum Gasteiger partial charge on any atom is -0.488 e. The second-order valence-electron chi connectivity index (χ2n) is 6.32. The van der Waals surface area contributed by atoms with Crippen molar-refractivity contribution in [1.82, 2.24) is 10.2 Å². The lowest BCUT2D eigenvalue weighted by Gasteiger charge is -2.27. The summed E-state index contributed by atoms with van der Waals surface area (Å²) in [6.07, 6.45) is 5.37. The Morgan fingerprint density at radius 1 is 1.26 bits per heavy atom. The molecule has 1 N–H and O–H groups in total. The number of amides is 1. The van der Waals surface area contributed by atoms with Crippen molar-refractivity contribution in [3.63, 3.8) is 0 Å². The third kappa shape index (κ3) is 3.35. The minimum atomic E-state index is 0. The van der Waals surface area contributed by atoms with Crippen LogP contribution < -0.4 is 10.1 Å². The van der Waals surface area contributed by atoms with E-state index in [1.54, 1.807) is 6.07 Å². The molecule has 4 nitrogen and oxygen atoms in total. The molecule has 2 unspecified atom stereocenters. The van der Waals surface area contributed by atoms with Gasteiger partial charge in [0, 0.05) is 35.8 Å². The first-order valence-electron chi connectivity index (χ1n) is 7.87. The Morgan fingerprint density at radius 2 is 2.09 bits per heavy atom. The van der Waals surface area contributed by atoms with E-state index in [4.69, 9.17) is 16.3 Å². The fraction of sp³-hybridized carbons (Fsp3) is 0.471. The molecule has 3 aliphatic heterocycles. The highest BCUT2D eigenvalue weighted by molar-refractivity contribution is 6.30. The standard InChI is InChI=1S/C17H19ClN2O2.ClH/c18-13-1-4-16-11(8-13)7-12(10-22-16)17(21)20-6-5-14-2-3-15(9-20)19-14;/h1,4,7-8,14-15,19H,2-3,5-6,9-10H2;1H. The number of rotatable bonds is 1. The zero-order valence-corrected chi connectivity index (χ0v) is 14.3. The van der Waals surface area contributed by atoms with E-state index >= 15 is 0 Å². The van der Waals surface area contributed by atoms with E-state index in [2.05, 4.69) is 5.32 Å².